The second-order valence-corrected chi connectivity index (χ2v) is 5.33. The number of aromatic hydroxyl groups is 2. The van der Waals surface area contributed by atoms with Crippen LogP contribution < -0.4 is 0 Å². The standard InChI is InChI=1S/C17H17NO2/c1-10(2)12-4-3-5-15-17(12)14(9-18-15)13-7-6-11(19)8-16(13)20/h3-10,18-20H,1-2H3. The summed E-state index contributed by atoms with van der Waals surface area (Å²) in [5.74, 6) is 0.548. The monoisotopic (exact) mass is 267 g/mol. The topological polar surface area (TPSA) is 56.2 Å². The van der Waals surface area contributed by atoms with Crippen LogP contribution in [-0.4, -0.2) is 15.2 Å². The summed E-state index contributed by atoms with van der Waals surface area (Å²) in [7, 11) is 0. The summed E-state index contributed by atoms with van der Waals surface area (Å²) in [4.78, 5) is 3.25. The van der Waals surface area contributed by atoms with Crippen LogP contribution in [0.1, 0.15) is 25.3 Å². The third kappa shape index (κ3) is 1.92. The molecule has 0 radical (unpaired) electrons. The van der Waals surface area contributed by atoms with E-state index >= 15 is 0 Å². The lowest BCUT2D eigenvalue weighted by molar-refractivity contribution is 0.452. The number of phenols is 2. The van der Waals surface area contributed by atoms with E-state index in [1.807, 2.05) is 18.3 Å². The molecule has 0 bridgehead atoms. The van der Waals surface area contributed by atoms with Gasteiger partial charge in [0.15, 0.2) is 0 Å². The van der Waals surface area contributed by atoms with Crippen molar-refractivity contribution in [2.75, 3.05) is 0 Å². The van der Waals surface area contributed by atoms with E-state index in [1.54, 1.807) is 12.1 Å². The maximum atomic E-state index is 10.1. The van der Waals surface area contributed by atoms with Gasteiger partial charge in [-0.3, -0.25) is 0 Å². The molecule has 0 unspecified atom stereocenters. The minimum atomic E-state index is 0.0650. The summed E-state index contributed by atoms with van der Waals surface area (Å²) in [6.07, 6.45) is 1.91. The number of phenolic OH excluding ortho intramolecular Hbond substituents is 2. The van der Waals surface area contributed by atoms with E-state index in [0.29, 0.717) is 5.92 Å². The van der Waals surface area contributed by atoms with Crippen LogP contribution >= 0.6 is 0 Å². The molecular formula is C17H17NO2. The highest BCUT2D eigenvalue weighted by molar-refractivity contribution is 5.99. The number of H-pyrrole nitrogens is 1. The predicted octanol–water partition coefficient (Wildman–Crippen LogP) is 4.37. The van der Waals surface area contributed by atoms with Crippen molar-refractivity contribution in [2.24, 2.45) is 0 Å². The van der Waals surface area contributed by atoms with Crippen molar-refractivity contribution in [3.8, 4) is 22.6 Å². The molecule has 0 spiro atoms. The first kappa shape index (κ1) is 12.6. The molecule has 3 rings (SSSR count). The van der Waals surface area contributed by atoms with Gasteiger partial charge < -0.3 is 15.2 Å². The summed E-state index contributed by atoms with van der Waals surface area (Å²) in [5.41, 5.74) is 3.98. The SMILES string of the molecule is CC(C)c1cccc2[nH]cc(-c3ccc(O)cc3O)c12. The molecule has 3 heteroatoms. The number of hydrogen-bond donors (Lipinski definition) is 3. The fraction of sp³-hybridized carbons (Fsp3) is 0.176. The minimum absolute atomic E-state index is 0.0650. The van der Waals surface area contributed by atoms with Gasteiger partial charge in [0, 0.05) is 34.3 Å². The van der Waals surface area contributed by atoms with Crippen molar-refractivity contribution < 1.29 is 10.2 Å². The fourth-order valence-corrected chi connectivity index (χ4v) is 2.65. The third-order valence-electron chi connectivity index (χ3n) is 3.63. The summed E-state index contributed by atoms with van der Waals surface area (Å²) >= 11 is 0. The average molecular weight is 267 g/mol. The van der Waals surface area contributed by atoms with Gasteiger partial charge in [0.1, 0.15) is 11.5 Å². The highest BCUT2D eigenvalue weighted by atomic mass is 16.3. The number of aromatic amines is 1. The highest BCUT2D eigenvalue weighted by Gasteiger charge is 2.14. The number of hydrogen-bond acceptors (Lipinski definition) is 2. The van der Waals surface area contributed by atoms with E-state index < -0.39 is 0 Å². The molecule has 0 atom stereocenters. The highest BCUT2D eigenvalue weighted by Crippen LogP contribution is 2.39. The van der Waals surface area contributed by atoms with Gasteiger partial charge >= 0.3 is 0 Å². The number of benzene rings is 2. The molecule has 0 aliphatic heterocycles. The Morgan fingerprint density at radius 2 is 1.80 bits per heavy atom. The third-order valence-corrected chi connectivity index (χ3v) is 3.63. The second-order valence-electron chi connectivity index (χ2n) is 5.33. The van der Waals surface area contributed by atoms with Crippen LogP contribution in [0.2, 0.25) is 0 Å². The van der Waals surface area contributed by atoms with Crippen LogP contribution in [0.5, 0.6) is 11.5 Å². The lowest BCUT2D eigenvalue weighted by Crippen LogP contribution is -1.89. The van der Waals surface area contributed by atoms with Crippen LogP contribution in [0.4, 0.5) is 0 Å². The largest absolute Gasteiger partial charge is 0.508 e. The molecule has 102 valence electrons. The Kier molecular flexibility index (Phi) is 2.90. The van der Waals surface area contributed by atoms with E-state index in [2.05, 4.69) is 24.9 Å². The molecule has 3 N–H and O–H groups in total. The molecule has 0 fully saturated rings. The molecule has 3 nitrogen and oxygen atoms in total. The Hall–Kier alpha value is -2.42. The molecule has 20 heavy (non-hydrogen) atoms. The van der Waals surface area contributed by atoms with Crippen molar-refractivity contribution in [3.05, 3.63) is 48.2 Å². The quantitative estimate of drug-likeness (QED) is 0.645. The van der Waals surface area contributed by atoms with E-state index in [1.165, 1.54) is 11.6 Å². The molecule has 2 aromatic carbocycles. The summed E-state index contributed by atoms with van der Waals surface area (Å²) in [5, 5.41) is 20.6. The van der Waals surface area contributed by atoms with Gasteiger partial charge in [-0.25, -0.2) is 0 Å². The van der Waals surface area contributed by atoms with Crippen LogP contribution in [0.25, 0.3) is 22.0 Å². The Bertz CT molecular complexity index is 772. The normalized spacial score (nSPS) is 11.3. The molecule has 0 saturated carbocycles. The summed E-state index contributed by atoms with van der Waals surface area (Å²) in [6, 6.07) is 10.9. The predicted molar refractivity (Wildman–Crippen MR) is 81.2 cm³/mol. The van der Waals surface area contributed by atoms with Crippen molar-refractivity contribution in [1.82, 2.24) is 4.98 Å². The zero-order valence-corrected chi connectivity index (χ0v) is 11.5. The molecule has 0 aliphatic carbocycles. The van der Waals surface area contributed by atoms with E-state index in [4.69, 9.17) is 0 Å². The first-order chi connectivity index (χ1) is 9.58. The van der Waals surface area contributed by atoms with Gasteiger partial charge in [-0.05, 0) is 29.7 Å². The Labute approximate surface area is 117 Å². The van der Waals surface area contributed by atoms with Crippen LogP contribution in [0.15, 0.2) is 42.6 Å². The second kappa shape index (κ2) is 4.60. The molecule has 0 aliphatic rings. The van der Waals surface area contributed by atoms with Crippen molar-refractivity contribution in [1.29, 1.82) is 0 Å². The molecular weight excluding hydrogens is 250 g/mol. The maximum Gasteiger partial charge on any atom is 0.127 e. The van der Waals surface area contributed by atoms with Crippen LogP contribution in [0, 0.1) is 0 Å². The molecule has 0 saturated heterocycles. The smallest absolute Gasteiger partial charge is 0.127 e. The molecule has 1 heterocycles. The summed E-state index contributed by atoms with van der Waals surface area (Å²) in [6.45, 7) is 4.31. The Balaban J connectivity index is 2.31. The maximum absolute atomic E-state index is 10.1. The fourth-order valence-electron chi connectivity index (χ4n) is 2.65. The number of rotatable bonds is 2. The Morgan fingerprint density at radius 3 is 2.50 bits per heavy atom. The zero-order valence-electron chi connectivity index (χ0n) is 11.5. The van der Waals surface area contributed by atoms with Gasteiger partial charge in [0.25, 0.3) is 0 Å². The van der Waals surface area contributed by atoms with Crippen LogP contribution in [0.3, 0.4) is 0 Å². The Morgan fingerprint density at radius 1 is 1.00 bits per heavy atom. The van der Waals surface area contributed by atoms with E-state index in [9.17, 15) is 10.2 Å². The van der Waals surface area contributed by atoms with Gasteiger partial charge in [0.2, 0.25) is 0 Å². The van der Waals surface area contributed by atoms with E-state index in [0.717, 1.165) is 22.0 Å². The van der Waals surface area contributed by atoms with Gasteiger partial charge in [0.05, 0.1) is 0 Å². The van der Waals surface area contributed by atoms with Crippen molar-refractivity contribution in [3.63, 3.8) is 0 Å². The number of fused-ring (bicyclic) bond motifs is 1. The van der Waals surface area contributed by atoms with E-state index in [-0.39, 0.29) is 11.5 Å². The zero-order chi connectivity index (χ0) is 14.3. The molecule has 3 aromatic rings. The van der Waals surface area contributed by atoms with Gasteiger partial charge in [-0.2, -0.15) is 0 Å². The molecule has 0 amide bonds. The first-order valence-electron chi connectivity index (χ1n) is 6.70. The van der Waals surface area contributed by atoms with Crippen molar-refractivity contribution >= 4 is 10.9 Å². The molecule has 1 aromatic heterocycles. The van der Waals surface area contributed by atoms with Crippen LogP contribution in [-0.2, 0) is 0 Å². The lowest BCUT2D eigenvalue weighted by Gasteiger charge is -2.10. The first-order valence-corrected chi connectivity index (χ1v) is 6.70. The number of nitrogens with one attached hydrogen (secondary N) is 1. The van der Waals surface area contributed by atoms with Gasteiger partial charge in [-0.15, -0.1) is 0 Å². The lowest BCUT2D eigenvalue weighted by atomic mass is 9.94. The average Bonchev–Trinajstić information content (AvgIpc) is 2.82. The van der Waals surface area contributed by atoms with Crippen molar-refractivity contribution in [2.45, 2.75) is 19.8 Å². The minimum Gasteiger partial charge on any atom is -0.508 e. The van der Waals surface area contributed by atoms with Gasteiger partial charge in [-0.1, -0.05) is 26.0 Å². The summed E-state index contributed by atoms with van der Waals surface area (Å²) < 4.78 is 0. The number of aromatic nitrogens is 1.